The summed E-state index contributed by atoms with van der Waals surface area (Å²) >= 11 is 0. The Balaban J connectivity index is 1.64. The van der Waals surface area contributed by atoms with E-state index in [9.17, 15) is 0 Å². The molecule has 3 N–H and O–H groups in total. The number of aromatic nitrogens is 3. The van der Waals surface area contributed by atoms with Gasteiger partial charge in [0, 0.05) is 30.2 Å². The number of H-pyrrole nitrogens is 1. The fourth-order valence-corrected chi connectivity index (χ4v) is 2.75. The molecule has 0 bridgehead atoms. The molecule has 1 aliphatic rings. The Morgan fingerprint density at radius 2 is 1.91 bits per heavy atom. The molecule has 0 saturated carbocycles. The van der Waals surface area contributed by atoms with Crippen molar-refractivity contribution in [2.75, 3.05) is 36.9 Å². The number of rotatable bonds is 2. The van der Waals surface area contributed by atoms with Crippen molar-refractivity contribution >= 4 is 22.5 Å². The van der Waals surface area contributed by atoms with Crippen molar-refractivity contribution in [2.45, 2.75) is 0 Å². The minimum Gasteiger partial charge on any atom is -0.382 e. The van der Waals surface area contributed by atoms with Gasteiger partial charge in [0.1, 0.15) is 5.82 Å². The first-order valence-electron chi connectivity index (χ1n) is 7.34. The van der Waals surface area contributed by atoms with Gasteiger partial charge in [-0.25, -0.2) is 4.98 Å². The fraction of sp³-hybridized carbons (Fsp3) is 0.250. The van der Waals surface area contributed by atoms with Crippen LogP contribution in [-0.4, -0.2) is 41.5 Å². The number of benzene rings is 1. The van der Waals surface area contributed by atoms with Crippen molar-refractivity contribution in [2.24, 2.45) is 0 Å². The minimum atomic E-state index is 0.523. The van der Waals surface area contributed by atoms with Crippen molar-refractivity contribution in [1.82, 2.24) is 15.2 Å². The smallest absolute Gasteiger partial charge is 0.153 e. The lowest BCUT2D eigenvalue weighted by Gasteiger charge is -2.27. The molecular weight excluding hydrogens is 278 g/mol. The van der Waals surface area contributed by atoms with E-state index in [0.717, 1.165) is 54.2 Å². The van der Waals surface area contributed by atoms with Gasteiger partial charge in [-0.2, -0.15) is 5.10 Å². The van der Waals surface area contributed by atoms with Crippen LogP contribution in [0, 0.1) is 0 Å². The quantitative estimate of drug-likeness (QED) is 0.756. The van der Waals surface area contributed by atoms with Gasteiger partial charge in [0.15, 0.2) is 5.82 Å². The number of fused-ring (bicyclic) bond motifs is 1. The molecule has 0 amide bonds. The molecule has 2 aromatic heterocycles. The van der Waals surface area contributed by atoms with Crippen LogP contribution >= 0.6 is 0 Å². The number of hydrogen-bond donors (Lipinski definition) is 2. The Morgan fingerprint density at radius 3 is 2.68 bits per heavy atom. The summed E-state index contributed by atoms with van der Waals surface area (Å²) in [7, 11) is 0. The van der Waals surface area contributed by atoms with Gasteiger partial charge in [-0.15, -0.1) is 0 Å². The number of ether oxygens (including phenoxy) is 1. The molecule has 3 aromatic rings. The SMILES string of the molecule is Nc1n[nH]c2ccc(-c3ccc(N4CCOCC4)nc3)cc12. The van der Waals surface area contributed by atoms with Crippen LogP contribution in [0.4, 0.5) is 11.6 Å². The van der Waals surface area contributed by atoms with Gasteiger partial charge < -0.3 is 15.4 Å². The lowest BCUT2D eigenvalue weighted by atomic mass is 10.1. The molecule has 0 radical (unpaired) electrons. The van der Waals surface area contributed by atoms with E-state index in [1.807, 2.05) is 24.4 Å². The summed E-state index contributed by atoms with van der Waals surface area (Å²) in [5.74, 6) is 1.52. The van der Waals surface area contributed by atoms with Crippen LogP contribution in [0.1, 0.15) is 0 Å². The molecule has 0 unspecified atom stereocenters. The molecule has 0 spiro atoms. The number of aromatic amines is 1. The van der Waals surface area contributed by atoms with E-state index in [-0.39, 0.29) is 0 Å². The molecule has 1 fully saturated rings. The van der Waals surface area contributed by atoms with Gasteiger partial charge in [0.05, 0.1) is 18.7 Å². The number of morpholine rings is 1. The Labute approximate surface area is 127 Å². The fourth-order valence-electron chi connectivity index (χ4n) is 2.75. The van der Waals surface area contributed by atoms with Crippen molar-refractivity contribution < 1.29 is 4.74 Å². The highest BCUT2D eigenvalue weighted by Gasteiger charge is 2.12. The lowest BCUT2D eigenvalue weighted by molar-refractivity contribution is 0.122. The van der Waals surface area contributed by atoms with E-state index in [0.29, 0.717) is 5.82 Å². The van der Waals surface area contributed by atoms with Gasteiger partial charge in [-0.3, -0.25) is 5.10 Å². The average Bonchev–Trinajstić information content (AvgIpc) is 2.96. The monoisotopic (exact) mass is 295 g/mol. The van der Waals surface area contributed by atoms with Crippen LogP contribution in [0.2, 0.25) is 0 Å². The normalized spacial score (nSPS) is 15.4. The third kappa shape index (κ3) is 2.27. The number of anilines is 2. The van der Waals surface area contributed by atoms with Gasteiger partial charge in [0.25, 0.3) is 0 Å². The third-order valence-corrected chi connectivity index (χ3v) is 4.01. The second-order valence-electron chi connectivity index (χ2n) is 5.37. The molecule has 112 valence electrons. The van der Waals surface area contributed by atoms with E-state index in [1.54, 1.807) is 0 Å². The predicted octanol–water partition coefficient (Wildman–Crippen LogP) is 2.04. The predicted molar refractivity (Wildman–Crippen MR) is 86.8 cm³/mol. The van der Waals surface area contributed by atoms with Gasteiger partial charge in [0.2, 0.25) is 0 Å². The van der Waals surface area contributed by atoms with Crippen LogP contribution in [0.3, 0.4) is 0 Å². The molecule has 0 atom stereocenters. The number of nitrogen functional groups attached to an aromatic ring is 1. The molecular formula is C16H17N5O. The summed E-state index contributed by atoms with van der Waals surface area (Å²) in [5.41, 5.74) is 8.97. The first-order valence-corrected chi connectivity index (χ1v) is 7.34. The zero-order valence-corrected chi connectivity index (χ0v) is 12.1. The minimum absolute atomic E-state index is 0.523. The number of nitrogens with one attached hydrogen (secondary N) is 1. The summed E-state index contributed by atoms with van der Waals surface area (Å²) in [4.78, 5) is 6.83. The first-order chi connectivity index (χ1) is 10.8. The van der Waals surface area contributed by atoms with Crippen LogP contribution in [0.25, 0.3) is 22.0 Å². The van der Waals surface area contributed by atoms with Crippen LogP contribution in [0.15, 0.2) is 36.5 Å². The maximum absolute atomic E-state index is 5.87. The summed E-state index contributed by atoms with van der Waals surface area (Å²) in [6.45, 7) is 3.31. The summed E-state index contributed by atoms with van der Waals surface area (Å²) in [6.07, 6.45) is 1.90. The molecule has 6 heteroatoms. The number of pyridine rings is 1. The maximum Gasteiger partial charge on any atom is 0.153 e. The average molecular weight is 295 g/mol. The number of nitrogens with two attached hydrogens (primary N) is 1. The molecule has 3 heterocycles. The van der Waals surface area contributed by atoms with E-state index >= 15 is 0 Å². The second-order valence-corrected chi connectivity index (χ2v) is 5.37. The summed E-state index contributed by atoms with van der Waals surface area (Å²) in [5, 5.41) is 7.87. The topological polar surface area (TPSA) is 80.1 Å². The van der Waals surface area contributed by atoms with Gasteiger partial charge >= 0.3 is 0 Å². The molecule has 6 nitrogen and oxygen atoms in total. The molecule has 22 heavy (non-hydrogen) atoms. The standard InChI is InChI=1S/C16H17N5O/c17-16-13-9-11(1-3-14(13)19-20-16)12-2-4-15(18-10-12)21-5-7-22-8-6-21/h1-4,9-10H,5-8H2,(H3,17,19,20). The molecule has 1 aliphatic heterocycles. The highest BCUT2D eigenvalue weighted by Crippen LogP contribution is 2.26. The molecule has 1 aromatic carbocycles. The largest absolute Gasteiger partial charge is 0.382 e. The van der Waals surface area contributed by atoms with Crippen molar-refractivity contribution in [3.8, 4) is 11.1 Å². The van der Waals surface area contributed by atoms with E-state index in [4.69, 9.17) is 10.5 Å². The van der Waals surface area contributed by atoms with Crippen molar-refractivity contribution in [1.29, 1.82) is 0 Å². The Kier molecular flexibility index (Phi) is 3.16. The van der Waals surface area contributed by atoms with E-state index < -0.39 is 0 Å². The lowest BCUT2D eigenvalue weighted by Crippen LogP contribution is -2.36. The van der Waals surface area contributed by atoms with Crippen molar-refractivity contribution in [3.05, 3.63) is 36.5 Å². The van der Waals surface area contributed by atoms with Crippen LogP contribution in [-0.2, 0) is 4.74 Å². The Hall–Kier alpha value is -2.60. The van der Waals surface area contributed by atoms with Crippen molar-refractivity contribution in [3.63, 3.8) is 0 Å². The Bertz CT molecular complexity index is 790. The highest BCUT2D eigenvalue weighted by molar-refractivity contribution is 5.92. The summed E-state index contributed by atoms with van der Waals surface area (Å²) in [6, 6.07) is 10.2. The zero-order valence-electron chi connectivity index (χ0n) is 12.1. The first kappa shape index (κ1) is 13.1. The maximum atomic E-state index is 5.87. The number of nitrogens with zero attached hydrogens (tertiary/aromatic N) is 3. The van der Waals surface area contributed by atoms with E-state index in [2.05, 4.69) is 32.2 Å². The molecule has 4 rings (SSSR count). The number of hydrogen-bond acceptors (Lipinski definition) is 5. The van der Waals surface area contributed by atoms with Gasteiger partial charge in [-0.05, 0) is 29.8 Å². The Morgan fingerprint density at radius 1 is 1.09 bits per heavy atom. The zero-order chi connectivity index (χ0) is 14.9. The molecule has 0 aliphatic carbocycles. The molecule has 1 saturated heterocycles. The van der Waals surface area contributed by atoms with E-state index in [1.165, 1.54) is 0 Å². The van der Waals surface area contributed by atoms with Gasteiger partial charge in [-0.1, -0.05) is 6.07 Å². The van der Waals surface area contributed by atoms with Crippen LogP contribution < -0.4 is 10.6 Å². The third-order valence-electron chi connectivity index (χ3n) is 4.01. The highest BCUT2D eigenvalue weighted by atomic mass is 16.5. The van der Waals surface area contributed by atoms with Crippen LogP contribution in [0.5, 0.6) is 0 Å². The second kappa shape index (κ2) is 5.31. The summed E-state index contributed by atoms with van der Waals surface area (Å²) < 4.78 is 5.37.